The van der Waals surface area contributed by atoms with Crippen molar-refractivity contribution in [1.82, 2.24) is 0 Å². The Bertz CT molecular complexity index is 161. The Morgan fingerprint density at radius 3 is 2.09 bits per heavy atom. The summed E-state index contributed by atoms with van der Waals surface area (Å²) in [6.07, 6.45) is 3.17. The highest BCUT2D eigenvalue weighted by molar-refractivity contribution is 6.30. The van der Waals surface area contributed by atoms with Gasteiger partial charge in [-0.2, -0.15) is 0 Å². The molecule has 0 unspecified atom stereocenters. The van der Waals surface area contributed by atoms with Crippen LogP contribution in [0.2, 0.25) is 0 Å². The van der Waals surface area contributed by atoms with Crippen LogP contribution in [0.15, 0.2) is 0 Å². The molecule has 0 bridgehead atoms. The fourth-order valence-corrected chi connectivity index (χ4v) is 2.35. The molecule has 1 radical (unpaired) electrons. The molecule has 0 spiro atoms. The summed E-state index contributed by atoms with van der Waals surface area (Å²) in [5, 5.41) is 0.882. The van der Waals surface area contributed by atoms with Crippen LogP contribution in [-0.4, -0.2) is 5.78 Å². The highest BCUT2D eigenvalue weighted by atomic mass is 35.5. The summed E-state index contributed by atoms with van der Waals surface area (Å²) < 4.78 is 0. The van der Waals surface area contributed by atoms with E-state index in [9.17, 15) is 4.79 Å². The third kappa shape index (κ3) is 1.20. The summed E-state index contributed by atoms with van der Waals surface area (Å²) in [5.74, 6) is 0.340. The third-order valence-corrected chi connectivity index (χ3v) is 3.38. The van der Waals surface area contributed by atoms with Crippen molar-refractivity contribution in [2.75, 3.05) is 0 Å². The maximum atomic E-state index is 11.5. The molecule has 1 saturated carbocycles. The summed E-state index contributed by atoms with van der Waals surface area (Å²) in [5.41, 5.74) is -0.262. The number of halogens is 1. The van der Waals surface area contributed by atoms with Crippen molar-refractivity contribution >= 4 is 17.4 Å². The average Bonchev–Trinajstić information content (AvgIpc) is 2.29. The summed E-state index contributed by atoms with van der Waals surface area (Å²) >= 11 is 6.03. The number of carbonyl (C=O) groups excluding carboxylic acids is 1. The molecule has 0 aliphatic heterocycles. The van der Waals surface area contributed by atoms with E-state index in [1.54, 1.807) is 0 Å². The van der Waals surface area contributed by atoms with Gasteiger partial charge >= 0.3 is 0 Å². The standard InChI is InChI=1S/C9H14ClO/c1-3-9(4-2)7(10)5-6-8(9)11/h3-6H2,1-2H3. The predicted octanol–water partition coefficient (Wildman–Crippen LogP) is 2.93. The first-order chi connectivity index (χ1) is 5.17. The van der Waals surface area contributed by atoms with Crippen LogP contribution in [-0.2, 0) is 4.79 Å². The van der Waals surface area contributed by atoms with Crippen molar-refractivity contribution in [3.05, 3.63) is 5.38 Å². The lowest BCUT2D eigenvalue weighted by atomic mass is 9.80. The minimum Gasteiger partial charge on any atom is -0.299 e. The van der Waals surface area contributed by atoms with E-state index in [-0.39, 0.29) is 5.41 Å². The summed E-state index contributed by atoms with van der Waals surface area (Å²) in [6, 6.07) is 0. The monoisotopic (exact) mass is 173 g/mol. The maximum absolute atomic E-state index is 11.5. The molecular weight excluding hydrogens is 160 g/mol. The van der Waals surface area contributed by atoms with Crippen molar-refractivity contribution in [1.29, 1.82) is 0 Å². The minimum absolute atomic E-state index is 0.262. The summed E-state index contributed by atoms with van der Waals surface area (Å²) in [4.78, 5) is 11.5. The molecule has 0 saturated heterocycles. The van der Waals surface area contributed by atoms with Crippen LogP contribution in [0.1, 0.15) is 39.5 Å². The first kappa shape index (κ1) is 9.05. The van der Waals surface area contributed by atoms with Crippen molar-refractivity contribution in [2.45, 2.75) is 39.5 Å². The molecular formula is C9H14ClO. The van der Waals surface area contributed by atoms with Crippen LogP contribution in [0.3, 0.4) is 0 Å². The molecule has 63 valence electrons. The van der Waals surface area contributed by atoms with E-state index in [0.29, 0.717) is 12.2 Å². The van der Waals surface area contributed by atoms with Crippen LogP contribution >= 0.6 is 11.6 Å². The molecule has 0 N–H and O–H groups in total. The molecule has 0 atom stereocenters. The SMILES string of the molecule is CCC1(CC)[C](Cl)CCC1=O. The van der Waals surface area contributed by atoms with Gasteiger partial charge in [0.05, 0.1) is 5.38 Å². The minimum atomic E-state index is -0.262. The van der Waals surface area contributed by atoms with Crippen molar-refractivity contribution < 1.29 is 4.79 Å². The normalized spacial score (nSPS) is 24.5. The number of ketones is 1. The highest BCUT2D eigenvalue weighted by Crippen LogP contribution is 2.49. The van der Waals surface area contributed by atoms with Crippen molar-refractivity contribution in [3.8, 4) is 0 Å². The number of carbonyl (C=O) groups is 1. The second-order valence-electron chi connectivity index (χ2n) is 3.12. The van der Waals surface area contributed by atoms with Gasteiger partial charge < -0.3 is 0 Å². The Balaban J connectivity index is 2.85. The lowest BCUT2D eigenvalue weighted by Gasteiger charge is -2.26. The number of Topliss-reactive ketones (excluding diaryl/α,β-unsaturated/α-hetero) is 1. The number of hydrogen-bond donors (Lipinski definition) is 0. The summed E-state index contributed by atoms with van der Waals surface area (Å²) in [6.45, 7) is 4.07. The zero-order valence-electron chi connectivity index (χ0n) is 7.11. The quantitative estimate of drug-likeness (QED) is 0.628. The van der Waals surface area contributed by atoms with E-state index in [0.717, 1.165) is 24.6 Å². The predicted molar refractivity (Wildman–Crippen MR) is 46.4 cm³/mol. The van der Waals surface area contributed by atoms with Gasteiger partial charge in [0.1, 0.15) is 5.78 Å². The molecule has 0 aromatic rings. The first-order valence-electron chi connectivity index (χ1n) is 4.22. The molecule has 1 aliphatic carbocycles. The molecule has 0 aromatic heterocycles. The van der Waals surface area contributed by atoms with Crippen LogP contribution in [0, 0.1) is 10.8 Å². The molecule has 1 aliphatic rings. The Morgan fingerprint density at radius 1 is 1.36 bits per heavy atom. The highest BCUT2D eigenvalue weighted by Gasteiger charge is 2.46. The van der Waals surface area contributed by atoms with E-state index in [2.05, 4.69) is 0 Å². The van der Waals surface area contributed by atoms with Crippen molar-refractivity contribution in [3.63, 3.8) is 0 Å². The fourth-order valence-electron chi connectivity index (χ4n) is 1.88. The van der Waals surface area contributed by atoms with E-state index >= 15 is 0 Å². The Kier molecular flexibility index (Phi) is 2.58. The zero-order valence-corrected chi connectivity index (χ0v) is 7.87. The van der Waals surface area contributed by atoms with E-state index in [4.69, 9.17) is 11.6 Å². The Morgan fingerprint density at radius 2 is 1.91 bits per heavy atom. The molecule has 1 nitrogen and oxygen atoms in total. The molecule has 1 rings (SSSR count). The molecule has 0 aromatic carbocycles. The van der Waals surface area contributed by atoms with Gasteiger partial charge in [-0.3, -0.25) is 4.79 Å². The largest absolute Gasteiger partial charge is 0.299 e. The van der Waals surface area contributed by atoms with Gasteiger partial charge in [-0.15, -0.1) is 11.6 Å². The summed E-state index contributed by atoms with van der Waals surface area (Å²) in [7, 11) is 0. The van der Waals surface area contributed by atoms with Crippen LogP contribution < -0.4 is 0 Å². The van der Waals surface area contributed by atoms with Crippen LogP contribution in [0.25, 0.3) is 0 Å². The Labute approximate surface area is 73.1 Å². The van der Waals surface area contributed by atoms with Gasteiger partial charge in [-0.25, -0.2) is 0 Å². The van der Waals surface area contributed by atoms with Crippen LogP contribution in [0.5, 0.6) is 0 Å². The fraction of sp³-hybridized carbons (Fsp3) is 0.778. The number of hydrogen-bond acceptors (Lipinski definition) is 1. The van der Waals surface area contributed by atoms with Gasteiger partial charge in [0, 0.05) is 11.8 Å². The van der Waals surface area contributed by atoms with Gasteiger partial charge in [0.2, 0.25) is 0 Å². The van der Waals surface area contributed by atoms with E-state index in [1.807, 2.05) is 13.8 Å². The first-order valence-corrected chi connectivity index (χ1v) is 4.60. The molecule has 0 heterocycles. The lowest BCUT2D eigenvalue weighted by molar-refractivity contribution is -0.125. The third-order valence-electron chi connectivity index (χ3n) is 2.83. The number of rotatable bonds is 2. The average molecular weight is 174 g/mol. The zero-order chi connectivity index (χ0) is 8.48. The molecule has 0 amide bonds. The van der Waals surface area contributed by atoms with E-state index in [1.165, 1.54) is 0 Å². The molecule has 11 heavy (non-hydrogen) atoms. The van der Waals surface area contributed by atoms with Crippen molar-refractivity contribution in [2.24, 2.45) is 5.41 Å². The van der Waals surface area contributed by atoms with E-state index < -0.39 is 0 Å². The lowest BCUT2D eigenvalue weighted by Crippen LogP contribution is -2.27. The Hall–Kier alpha value is -0.0400. The molecule has 1 fully saturated rings. The van der Waals surface area contributed by atoms with Gasteiger partial charge in [0.15, 0.2) is 0 Å². The van der Waals surface area contributed by atoms with Gasteiger partial charge in [-0.1, -0.05) is 13.8 Å². The second kappa shape index (κ2) is 3.14. The smallest absolute Gasteiger partial charge is 0.140 e. The van der Waals surface area contributed by atoms with Gasteiger partial charge in [-0.05, 0) is 19.3 Å². The maximum Gasteiger partial charge on any atom is 0.140 e. The van der Waals surface area contributed by atoms with Gasteiger partial charge in [0.25, 0.3) is 0 Å². The second-order valence-corrected chi connectivity index (χ2v) is 3.57. The topological polar surface area (TPSA) is 17.1 Å². The molecule has 2 heteroatoms. The van der Waals surface area contributed by atoms with Crippen LogP contribution in [0.4, 0.5) is 0 Å².